The highest BCUT2D eigenvalue weighted by Gasteiger charge is 2.88. The minimum Gasteiger partial charge on any atom is -0.457 e. The smallest absolute Gasteiger partial charge is 0.311 e. The summed E-state index contributed by atoms with van der Waals surface area (Å²) in [5.74, 6) is -9.36. The quantitative estimate of drug-likeness (QED) is 0.137. The second kappa shape index (κ2) is 13.2. The Morgan fingerprint density at radius 3 is 2.10 bits per heavy atom. The second-order valence-electron chi connectivity index (χ2n) is 14.8. The summed E-state index contributed by atoms with van der Waals surface area (Å²) in [6, 6.07) is 5.47. The molecule has 2 saturated carbocycles. The van der Waals surface area contributed by atoms with E-state index in [0.29, 0.717) is 29.2 Å². The Labute approximate surface area is 296 Å². The number of fused-ring (bicyclic) bond motifs is 5. The average molecular weight is 733 g/mol. The van der Waals surface area contributed by atoms with Crippen LogP contribution in [0.4, 0.5) is 17.6 Å². The van der Waals surface area contributed by atoms with Gasteiger partial charge in [0.15, 0.2) is 11.4 Å². The largest absolute Gasteiger partial charge is 0.457 e. The number of aliphatic hydroxyl groups is 3. The van der Waals surface area contributed by atoms with E-state index in [-0.39, 0.29) is 29.7 Å². The molecule has 0 spiro atoms. The van der Waals surface area contributed by atoms with E-state index in [0.717, 1.165) is 24.3 Å². The fourth-order valence-corrected chi connectivity index (χ4v) is 9.86. The number of carbonyl (C=O) groups is 3. The van der Waals surface area contributed by atoms with E-state index in [1.807, 2.05) is 0 Å². The van der Waals surface area contributed by atoms with Gasteiger partial charge in [-0.1, -0.05) is 50.6 Å². The third-order valence-corrected chi connectivity index (χ3v) is 12.6. The van der Waals surface area contributed by atoms with Crippen molar-refractivity contribution in [1.82, 2.24) is 0 Å². The van der Waals surface area contributed by atoms with Crippen LogP contribution in [0.5, 0.6) is 0 Å². The predicted molar refractivity (Wildman–Crippen MR) is 178 cm³/mol. The molecule has 2 fully saturated rings. The molecule has 0 amide bonds. The molecule has 51 heavy (non-hydrogen) atoms. The number of ether oxygens (including phenoxy) is 2. The van der Waals surface area contributed by atoms with Crippen molar-refractivity contribution in [3.05, 3.63) is 94.1 Å². The van der Waals surface area contributed by atoms with Crippen LogP contribution in [0.15, 0.2) is 59.7 Å². The van der Waals surface area contributed by atoms with Crippen LogP contribution in [0.3, 0.4) is 0 Å². The Hall–Kier alpha value is -3.52. The van der Waals surface area contributed by atoms with Gasteiger partial charge in [-0.3, -0.25) is 14.4 Å². The monoisotopic (exact) mass is 732 g/mol. The molecule has 8 nitrogen and oxygen atoms in total. The summed E-state index contributed by atoms with van der Waals surface area (Å²) in [6.07, 6.45) is 0.544. The van der Waals surface area contributed by atoms with Gasteiger partial charge in [0.25, 0.3) is 0 Å². The molecule has 0 aliphatic heterocycles. The van der Waals surface area contributed by atoms with Crippen molar-refractivity contribution in [2.75, 3.05) is 18.1 Å². The van der Waals surface area contributed by atoms with Crippen molar-refractivity contribution in [3.63, 3.8) is 0 Å². The standard InChI is InChI=1S/C38H40F4O8S/c1-19-11-29-36(47,33(19)46)17-21(18-51-10-9-43)12-26-32-35(3,4)38(32,50-31(45)14-23-6-8-25(40)16-28(23)42)34(20(2)37(26,29)48)49-30(44)13-22-5-7-24(39)15-27(22)41/h5-8,11-12,15-16,20,26,29,32,34,43,47-48H,9-10,13-14,17-18H2,1-4H3/t20-,26+,29-,32-,34-,36-,37-,38-/m1/s1. The first kappa shape index (κ1) is 37.2. The van der Waals surface area contributed by atoms with Gasteiger partial charge >= 0.3 is 11.9 Å². The maximum absolute atomic E-state index is 14.6. The van der Waals surface area contributed by atoms with Crippen molar-refractivity contribution >= 4 is 29.5 Å². The fraction of sp³-hybridized carbons (Fsp3) is 0.500. The summed E-state index contributed by atoms with van der Waals surface area (Å²) in [7, 11) is 0. The van der Waals surface area contributed by atoms with Crippen LogP contribution in [0, 0.1) is 52.4 Å². The first-order chi connectivity index (χ1) is 23.9. The molecule has 3 N–H and O–H groups in total. The summed E-state index contributed by atoms with van der Waals surface area (Å²) < 4.78 is 68.9. The number of carbonyl (C=O) groups excluding carboxylic acids is 3. The maximum Gasteiger partial charge on any atom is 0.311 e. The summed E-state index contributed by atoms with van der Waals surface area (Å²) in [6.45, 7) is 6.52. The van der Waals surface area contributed by atoms with Crippen molar-refractivity contribution in [1.29, 1.82) is 0 Å². The molecule has 4 aliphatic rings. The average Bonchev–Trinajstić information content (AvgIpc) is 3.47. The molecule has 0 saturated heterocycles. The minimum atomic E-state index is -2.06. The van der Waals surface area contributed by atoms with E-state index < -0.39 is 106 Å². The lowest BCUT2D eigenvalue weighted by Gasteiger charge is -2.53. The van der Waals surface area contributed by atoms with E-state index in [4.69, 9.17) is 9.47 Å². The van der Waals surface area contributed by atoms with Crippen LogP contribution < -0.4 is 0 Å². The van der Waals surface area contributed by atoms with E-state index in [2.05, 4.69) is 0 Å². The van der Waals surface area contributed by atoms with Gasteiger partial charge in [-0.2, -0.15) is 11.8 Å². The third-order valence-electron chi connectivity index (χ3n) is 11.5. The van der Waals surface area contributed by atoms with Crippen molar-refractivity contribution in [3.8, 4) is 0 Å². The van der Waals surface area contributed by atoms with Crippen LogP contribution in [0.25, 0.3) is 0 Å². The molecule has 0 aromatic heterocycles. The number of thioether (sulfide) groups is 1. The normalized spacial score (nSPS) is 33.2. The van der Waals surface area contributed by atoms with Gasteiger partial charge in [0.05, 0.1) is 25.0 Å². The highest BCUT2D eigenvalue weighted by molar-refractivity contribution is 7.99. The van der Waals surface area contributed by atoms with Crippen LogP contribution >= 0.6 is 11.8 Å². The molecular formula is C38H40F4O8S. The van der Waals surface area contributed by atoms with Gasteiger partial charge in [0.2, 0.25) is 0 Å². The maximum atomic E-state index is 14.6. The number of aliphatic hydroxyl groups excluding tert-OH is 1. The molecule has 0 heterocycles. The van der Waals surface area contributed by atoms with Gasteiger partial charge in [0.1, 0.15) is 35.0 Å². The van der Waals surface area contributed by atoms with Crippen LogP contribution in [0.1, 0.15) is 45.2 Å². The van der Waals surface area contributed by atoms with Crippen molar-refractivity contribution in [2.45, 2.75) is 69.9 Å². The molecule has 6 rings (SSSR count). The number of ketones is 1. The van der Waals surface area contributed by atoms with Crippen molar-refractivity contribution in [2.24, 2.45) is 29.1 Å². The molecule has 0 unspecified atom stereocenters. The Morgan fingerprint density at radius 1 is 0.941 bits per heavy atom. The zero-order valence-corrected chi connectivity index (χ0v) is 29.4. The van der Waals surface area contributed by atoms with Crippen LogP contribution in [-0.4, -0.2) is 74.1 Å². The summed E-state index contributed by atoms with van der Waals surface area (Å²) in [4.78, 5) is 40.9. The number of Topliss-reactive ketones (excluding diaryl/α,β-unsaturated/α-hetero) is 1. The van der Waals surface area contributed by atoms with Gasteiger partial charge < -0.3 is 24.8 Å². The molecule has 8 atom stereocenters. The SMILES string of the molecule is CC1=C[C@H]2[C@@]3(O)[C@H](C)[C@@H](OC(=O)Cc4ccc(F)cc4F)[C@]4(OC(=O)Cc5ccc(F)cc5F)[C@H]([C@@H]3C=C(CSCCO)C[C@]2(O)C1=O)C4(C)C. The molecule has 2 aromatic carbocycles. The topological polar surface area (TPSA) is 130 Å². The lowest BCUT2D eigenvalue weighted by molar-refractivity contribution is -0.228. The Bertz CT molecular complexity index is 1850. The Kier molecular flexibility index (Phi) is 9.61. The predicted octanol–water partition coefficient (Wildman–Crippen LogP) is 4.81. The zero-order chi connectivity index (χ0) is 37.3. The Morgan fingerprint density at radius 2 is 1.53 bits per heavy atom. The number of esters is 2. The summed E-state index contributed by atoms with van der Waals surface area (Å²) in [5.41, 5.74) is -6.13. The third kappa shape index (κ3) is 5.93. The van der Waals surface area contributed by atoms with Crippen LogP contribution in [0.2, 0.25) is 0 Å². The lowest BCUT2D eigenvalue weighted by Crippen LogP contribution is -2.66. The molecule has 2 aromatic rings. The molecule has 4 aliphatic carbocycles. The number of hydrogen-bond acceptors (Lipinski definition) is 9. The van der Waals surface area contributed by atoms with E-state index in [1.165, 1.54) is 17.8 Å². The first-order valence-electron chi connectivity index (χ1n) is 16.8. The first-order valence-corrected chi connectivity index (χ1v) is 17.9. The molecule has 13 heteroatoms. The zero-order valence-electron chi connectivity index (χ0n) is 28.6. The van der Waals surface area contributed by atoms with Gasteiger partial charge in [0, 0.05) is 59.1 Å². The van der Waals surface area contributed by atoms with E-state index in [1.54, 1.807) is 33.8 Å². The summed E-state index contributed by atoms with van der Waals surface area (Å²) >= 11 is 1.37. The molecule has 0 radical (unpaired) electrons. The number of rotatable bonds is 10. The molecule has 274 valence electrons. The fourth-order valence-electron chi connectivity index (χ4n) is 9.13. The minimum absolute atomic E-state index is 0.104. The van der Waals surface area contributed by atoms with Gasteiger partial charge in [-0.25, -0.2) is 17.6 Å². The highest BCUT2D eigenvalue weighted by atomic mass is 32.2. The molecule has 0 bridgehead atoms. The van der Waals surface area contributed by atoms with E-state index >= 15 is 0 Å². The Balaban J connectivity index is 1.45. The number of hydrogen-bond donors (Lipinski definition) is 3. The van der Waals surface area contributed by atoms with Gasteiger partial charge in [-0.05, 0) is 35.8 Å². The highest BCUT2D eigenvalue weighted by Crippen LogP contribution is 2.77. The number of benzene rings is 2. The van der Waals surface area contributed by atoms with Gasteiger partial charge in [-0.15, -0.1) is 0 Å². The molecular weight excluding hydrogens is 692 g/mol. The van der Waals surface area contributed by atoms with Crippen molar-refractivity contribution < 1.29 is 56.7 Å². The van der Waals surface area contributed by atoms with Crippen LogP contribution in [-0.2, 0) is 36.7 Å². The lowest BCUT2D eigenvalue weighted by atomic mass is 9.59. The van der Waals surface area contributed by atoms with E-state index in [9.17, 15) is 47.3 Å². The number of halogens is 4. The second-order valence-corrected chi connectivity index (χ2v) is 15.9. The summed E-state index contributed by atoms with van der Waals surface area (Å²) in [5, 5.41) is 34.6.